The van der Waals surface area contributed by atoms with Gasteiger partial charge in [-0.3, -0.25) is 14.4 Å². The van der Waals surface area contributed by atoms with E-state index in [2.05, 4.69) is 18.7 Å². The average Bonchev–Trinajstić information content (AvgIpc) is 2.91. The zero-order valence-electron chi connectivity index (χ0n) is 27.8. The number of allylic oxidation sites excluding steroid dienone is 9. The third-order valence-corrected chi connectivity index (χ3v) is 10.3. The van der Waals surface area contributed by atoms with Crippen molar-refractivity contribution in [1.29, 1.82) is 0 Å². The van der Waals surface area contributed by atoms with Gasteiger partial charge in [-0.05, 0) is 104 Å². The van der Waals surface area contributed by atoms with Crippen LogP contribution in [0.2, 0.25) is 0 Å². The first-order valence-corrected chi connectivity index (χ1v) is 15.5. The lowest BCUT2D eigenvalue weighted by Crippen LogP contribution is -2.69. The van der Waals surface area contributed by atoms with E-state index in [0.717, 1.165) is 22.8 Å². The molecule has 4 rings (SSSR count). The summed E-state index contributed by atoms with van der Waals surface area (Å²) in [5.41, 5.74) is -1.45. The van der Waals surface area contributed by atoms with Crippen LogP contribution in [0.1, 0.15) is 98.4 Å². The number of aromatic hydroxyl groups is 2. The third-order valence-electron chi connectivity index (χ3n) is 10.3. The molecule has 4 atom stereocenters. The molecule has 0 aromatic heterocycles. The molecule has 2 bridgehead atoms. The van der Waals surface area contributed by atoms with E-state index in [-0.39, 0.29) is 46.7 Å². The van der Waals surface area contributed by atoms with Crippen LogP contribution in [-0.2, 0) is 14.3 Å². The second-order valence-electron chi connectivity index (χ2n) is 14.7. The monoisotopic (exact) mass is 600 g/mol. The number of phenolic OH excluding ortho intramolecular Hbond substituents is 2. The van der Waals surface area contributed by atoms with Crippen LogP contribution in [0.25, 0.3) is 0 Å². The molecule has 0 radical (unpaired) electrons. The molecule has 0 amide bonds. The highest BCUT2D eigenvalue weighted by Crippen LogP contribution is 2.69. The fourth-order valence-corrected chi connectivity index (χ4v) is 7.47. The number of hydrogen-bond donors (Lipinski definition) is 2. The lowest BCUT2D eigenvalue weighted by molar-refractivity contribution is -0.185. The van der Waals surface area contributed by atoms with Crippen LogP contribution in [0.5, 0.6) is 11.5 Å². The van der Waals surface area contributed by atoms with Crippen molar-refractivity contribution in [3.63, 3.8) is 0 Å². The van der Waals surface area contributed by atoms with Gasteiger partial charge in [0.2, 0.25) is 0 Å². The second kappa shape index (κ2) is 11.4. The molecule has 0 unspecified atom stereocenters. The van der Waals surface area contributed by atoms with Gasteiger partial charge in [0, 0.05) is 11.5 Å². The number of ether oxygens (including phenoxy) is 1. The second-order valence-corrected chi connectivity index (χ2v) is 14.7. The van der Waals surface area contributed by atoms with E-state index in [1.54, 1.807) is 0 Å². The van der Waals surface area contributed by atoms with Gasteiger partial charge in [-0.15, -0.1) is 0 Å². The SMILES string of the molecule is C=C(C)/C=C/[C@H]1C[C@]23C[C@H](CC=C(C)C)C(C)(C)OC2=C(C(=O)c2ccc(O)c(O)c2)C(=O)[C@@](CC=C(C)C)(C3=O)C1(C)C. The van der Waals surface area contributed by atoms with Crippen LogP contribution >= 0.6 is 0 Å². The molecule has 6 heteroatoms. The molecular formula is C38H48O6. The molecule has 2 aliphatic carbocycles. The van der Waals surface area contributed by atoms with Crippen molar-refractivity contribution in [3.8, 4) is 11.5 Å². The van der Waals surface area contributed by atoms with E-state index >= 15 is 9.59 Å². The standard InChI is InChI=1S/C38H48O6/c1-22(2)11-14-26-20-37-21-27(15-12-23(3)4)36(9,10)44-33(37)30(31(41)25-13-16-28(39)29(40)19-25)32(42)38(34(37)43,35(26,7)8)18-17-24(5)6/h11-14,16-17,19,26-27,39-40H,1,15,18,20-21H2,2-10H3/b14-11+/t26-,27-,37-,38-/m0/s1. The summed E-state index contributed by atoms with van der Waals surface area (Å²) in [4.78, 5) is 44.9. The van der Waals surface area contributed by atoms with Gasteiger partial charge in [0.15, 0.2) is 28.8 Å². The fraction of sp³-hybridized carbons (Fsp3) is 0.500. The Labute approximate surface area is 262 Å². The molecule has 44 heavy (non-hydrogen) atoms. The van der Waals surface area contributed by atoms with Gasteiger partial charge in [-0.25, -0.2) is 0 Å². The lowest BCUT2D eigenvalue weighted by Gasteiger charge is -2.63. The Balaban J connectivity index is 2.11. The molecule has 3 aliphatic rings. The summed E-state index contributed by atoms with van der Waals surface area (Å²) in [5.74, 6) is -2.26. The molecule has 1 spiro atoms. The van der Waals surface area contributed by atoms with Crippen molar-refractivity contribution in [2.75, 3.05) is 0 Å². The molecule has 1 saturated heterocycles. The molecule has 1 aromatic rings. The highest BCUT2D eigenvalue weighted by atomic mass is 16.5. The molecule has 1 aliphatic heterocycles. The van der Waals surface area contributed by atoms with Crippen LogP contribution in [0.3, 0.4) is 0 Å². The van der Waals surface area contributed by atoms with Gasteiger partial charge in [0.05, 0.1) is 5.41 Å². The maximum Gasteiger partial charge on any atom is 0.200 e. The maximum absolute atomic E-state index is 15.3. The number of rotatable bonds is 8. The van der Waals surface area contributed by atoms with Gasteiger partial charge in [-0.1, -0.05) is 61.4 Å². The van der Waals surface area contributed by atoms with Gasteiger partial charge >= 0.3 is 0 Å². The van der Waals surface area contributed by atoms with E-state index < -0.39 is 39.2 Å². The predicted octanol–water partition coefficient (Wildman–Crippen LogP) is 8.37. The molecule has 236 valence electrons. The quantitative estimate of drug-likeness (QED) is 0.0776. The number of ketones is 3. The van der Waals surface area contributed by atoms with Crippen LogP contribution in [0.4, 0.5) is 0 Å². The summed E-state index contributed by atoms with van der Waals surface area (Å²) < 4.78 is 6.78. The largest absolute Gasteiger partial charge is 0.504 e. The number of hydrogen-bond acceptors (Lipinski definition) is 6. The molecular weight excluding hydrogens is 552 g/mol. The summed E-state index contributed by atoms with van der Waals surface area (Å²) in [7, 11) is 0. The minimum Gasteiger partial charge on any atom is -0.504 e. The van der Waals surface area contributed by atoms with Crippen molar-refractivity contribution in [2.24, 2.45) is 28.1 Å². The van der Waals surface area contributed by atoms with Gasteiger partial charge < -0.3 is 14.9 Å². The zero-order valence-corrected chi connectivity index (χ0v) is 27.8. The Hall–Kier alpha value is -3.67. The minimum absolute atomic E-state index is 0.0423. The number of carbonyl (C=O) groups excluding carboxylic acids is 3. The van der Waals surface area contributed by atoms with Crippen molar-refractivity contribution >= 4 is 17.3 Å². The van der Waals surface area contributed by atoms with Crippen molar-refractivity contribution in [3.05, 3.63) is 82.7 Å². The molecule has 2 N–H and O–H groups in total. The first-order chi connectivity index (χ1) is 20.3. The van der Waals surface area contributed by atoms with Crippen molar-refractivity contribution in [2.45, 2.75) is 93.6 Å². The fourth-order valence-electron chi connectivity index (χ4n) is 7.47. The number of Topliss-reactive ketones (excluding diaryl/α,β-unsaturated/α-hetero) is 3. The maximum atomic E-state index is 15.3. The molecule has 2 fully saturated rings. The number of phenols is 2. The van der Waals surface area contributed by atoms with E-state index in [4.69, 9.17) is 4.74 Å². The van der Waals surface area contributed by atoms with Crippen LogP contribution in [0.15, 0.2) is 77.1 Å². The Kier molecular flexibility index (Phi) is 8.58. The van der Waals surface area contributed by atoms with Gasteiger partial charge in [0.25, 0.3) is 0 Å². The summed E-state index contributed by atoms with van der Waals surface area (Å²) >= 11 is 0. The zero-order chi connectivity index (χ0) is 33.0. The molecule has 6 nitrogen and oxygen atoms in total. The average molecular weight is 601 g/mol. The number of carbonyl (C=O) groups is 3. The highest BCUT2D eigenvalue weighted by molar-refractivity contribution is 6.35. The van der Waals surface area contributed by atoms with Crippen LogP contribution in [0, 0.1) is 28.1 Å². The van der Waals surface area contributed by atoms with Crippen LogP contribution < -0.4 is 0 Å². The normalized spacial score (nSPS) is 28.7. The third kappa shape index (κ3) is 5.20. The lowest BCUT2D eigenvalue weighted by atomic mass is 9.39. The van der Waals surface area contributed by atoms with E-state index in [1.165, 1.54) is 12.1 Å². The molecule has 1 aromatic carbocycles. The van der Waals surface area contributed by atoms with E-state index in [1.807, 2.05) is 74.5 Å². The Morgan fingerprint density at radius 1 is 0.977 bits per heavy atom. The highest BCUT2D eigenvalue weighted by Gasteiger charge is 2.74. The Bertz CT molecular complexity index is 1540. The summed E-state index contributed by atoms with van der Waals surface area (Å²) in [6, 6.07) is 3.77. The smallest absolute Gasteiger partial charge is 0.200 e. The van der Waals surface area contributed by atoms with E-state index in [9.17, 15) is 15.0 Å². The molecule has 1 saturated carbocycles. The first-order valence-electron chi connectivity index (χ1n) is 15.5. The first kappa shape index (κ1) is 33.2. The summed E-state index contributed by atoms with van der Waals surface area (Å²) in [6.07, 6.45) is 9.80. The Morgan fingerprint density at radius 2 is 1.61 bits per heavy atom. The predicted molar refractivity (Wildman–Crippen MR) is 173 cm³/mol. The summed E-state index contributed by atoms with van der Waals surface area (Å²) in [6.45, 7) is 21.8. The van der Waals surface area contributed by atoms with Gasteiger partial charge in [0.1, 0.15) is 22.3 Å². The van der Waals surface area contributed by atoms with E-state index in [0.29, 0.717) is 19.3 Å². The molecule has 1 heterocycles. The van der Waals surface area contributed by atoms with Gasteiger partial charge in [-0.2, -0.15) is 0 Å². The van der Waals surface area contributed by atoms with Crippen molar-refractivity contribution < 1.29 is 29.3 Å². The van der Waals surface area contributed by atoms with Crippen LogP contribution in [-0.4, -0.2) is 33.2 Å². The summed E-state index contributed by atoms with van der Waals surface area (Å²) in [5, 5.41) is 20.2. The Morgan fingerprint density at radius 3 is 2.18 bits per heavy atom. The number of fused-ring (bicyclic) bond motifs is 1. The van der Waals surface area contributed by atoms with Crippen molar-refractivity contribution in [1.82, 2.24) is 0 Å². The number of benzene rings is 1. The topological polar surface area (TPSA) is 101 Å². The minimum atomic E-state index is -1.54.